The normalized spacial score (nSPS) is 21.0. The van der Waals surface area contributed by atoms with Crippen molar-refractivity contribution in [3.8, 4) is 5.75 Å². The third kappa shape index (κ3) is 7.48. The number of carbonyl (C=O) groups is 1. The fourth-order valence-corrected chi connectivity index (χ4v) is 7.40. The minimum Gasteiger partial charge on any atom is -0.494 e. The van der Waals surface area contributed by atoms with Gasteiger partial charge in [-0.05, 0) is 75.5 Å². The standard InChI is InChI=1S/C36H44F2N8O3/c1-3-36(47)42-29-20-30(41-34-22-35(40-23-39-34)46-31(11-18-49-46)27-19-24(37)5-8-28(27)38)33(48-2)21-32(29)45-14-9-26(10-15-45)44-13-4-12-43(16-17-44)25-6-7-25/h3,5,8,19-23,25-26,31H,1,4,6-7,9-18H2,2H3,(H,42,47)(H,39,40,41). The Morgan fingerprint density at radius 2 is 1.69 bits per heavy atom. The van der Waals surface area contributed by atoms with Crippen molar-refractivity contribution in [2.45, 2.75) is 56.7 Å². The van der Waals surface area contributed by atoms with E-state index in [1.165, 1.54) is 55.9 Å². The molecule has 0 radical (unpaired) electrons. The van der Waals surface area contributed by atoms with Gasteiger partial charge in [0, 0.05) is 62.4 Å². The average molecular weight is 675 g/mol. The van der Waals surface area contributed by atoms with Crippen molar-refractivity contribution in [3.63, 3.8) is 0 Å². The lowest BCUT2D eigenvalue weighted by Gasteiger charge is -2.40. The number of rotatable bonds is 10. The molecule has 3 saturated heterocycles. The zero-order valence-corrected chi connectivity index (χ0v) is 27.9. The molecule has 13 heteroatoms. The maximum Gasteiger partial charge on any atom is 0.247 e. The first-order valence-electron chi connectivity index (χ1n) is 17.2. The van der Waals surface area contributed by atoms with Gasteiger partial charge in [-0.3, -0.25) is 19.4 Å². The van der Waals surface area contributed by atoms with Gasteiger partial charge in [0.15, 0.2) is 5.82 Å². The van der Waals surface area contributed by atoms with E-state index in [0.29, 0.717) is 47.8 Å². The summed E-state index contributed by atoms with van der Waals surface area (Å²) < 4.78 is 34.5. The molecule has 1 amide bonds. The van der Waals surface area contributed by atoms with Crippen LogP contribution in [0.3, 0.4) is 0 Å². The van der Waals surface area contributed by atoms with Crippen LogP contribution in [0.4, 0.5) is 37.5 Å². The highest BCUT2D eigenvalue weighted by molar-refractivity contribution is 6.02. The predicted molar refractivity (Wildman–Crippen MR) is 185 cm³/mol. The molecule has 11 nitrogen and oxygen atoms in total. The molecule has 4 aliphatic rings. The highest BCUT2D eigenvalue weighted by atomic mass is 19.1. The van der Waals surface area contributed by atoms with Gasteiger partial charge in [-0.15, -0.1) is 0 Å². The second-order valence-electron chi connectivity index (χ2n) is 13.2. The van der Waals surface area contributed by atoms with Gasteiger partial charge in [0.05, 0.1) is 36.8 Å². The molecular formula is C36H44F2N8O3. The second-order valence-corrected chi connectivity index (χ2v) is 13.2. The van der Waals surface area contributed by atoms with Gasteiger partial charge in [0.1, 0.15) is 29.5 Å². The number of carbonyl (C=O) groups excluding carboxylic acids is 1. The van der Waals surface area contributed by atoms with Gasteiger partial charge >= 0.3 is 0 Å². The van der Waals surface area contributed by atoms with Crippen LogP contribution in [0.2, 0.25) is 0 Å². The van der Waals surface area contributed by atoms with E-state index in [9.17, 15) is 13.6 Å². The summed E-state index contributed by atoms with van der Waals surface area (Å²) in [5.41, 5.74) is 2.27. The van der Waals surface area contributed by atoms with E-state index >= 15 is 0 Å². The number of nitrogens with one attached hydrogen (secondary N) is 2. The molecule has 3 aliphatic heterocycles. The van der Waals surface area contributed by atoms with Crippen molar-refractivity contribution >= 4 is 34.6 Å². The molecule has 0 spiro atoms. The maximum atomic E-state index is 14.7. The number of methoxy groups -OCH3 is 1. The fourth-order valence-electron chi connectivity index (χ4n) is 7.40. The molecule has 49 heavy (non-hydrogen) atoms. The number of benzene rings is 2. The molecule has 0 bridgehead atoms. The first kappa shape index (κ1) is 33.2. The molecule has 260 valence electrons. The van der Waals surface area contributed by atoms with Gasteiger partial charge in [-0.1, -0.05) is 6.58 Å². The van der Waals surface area contributed by atoms with E-state index in [4.69, 9.17) is 9.57 Å². The summed E-state index contributed by atoms with van der Waals surface area (Å²) in [4.78, 5) is 34.8. The molecule has 1 unspecified atom stereocenters. The van der Waals surface area contributed by atoms with Crippen LogP contribution >= 0.6 is 0 Å². The number of aromatic nitrogens is 2. The number of halogens is 2. The Kier molecular flexibility index (Phi) is 9.92. The lowest BCUT2D eigenvalue weighted by molar-refractivity contribution is -0.111. The summed E-state index contributed by atoms with van der Waals surface area (Å²) in [5, 5.41) is 7.77. The lowest BCUT2D eigenvalue weighted by atomic mass is 10.0. The van der Waals surface area contributed by atoms with Crippen molar-refractivity contribution in [1.29, 1.82) is 0 Å². The summed E-state index contributed by atoms with van der Waals surface area (Å²) in [6.45, 7) is 10.4. The van der Waals surface area contributed by atoms with Crippen molar-refractivity contribution in [2.75, 3.05) is 73.6 Å². The number of hydrogen-bond acceptors (Lipinski definition) is 10. The van der Waals surface area contributed by atoms with Crippen LogP contribution in [0.5, 0.6) is 5.75 Å². The highest BCUT2D eigenvalue weighted by Gasteiger charge is 2.34. The van der Waals surface area contributed by atoms with Crippen LogP contribution in [0.15, 0.2) is 55.4 Å². The minimum absolute atomic E-state index is 0.196. The van der Waals surface area contributed by atoms with E-state index in [2.05, 4.69) is 41.9 Å². The van der Waals surface area contributed by atoms with E-state index in [1.807, 2.05) is 12.1 Å². The number of hydroxylamine groups is 1. The van der Waals surface area contributed by atoms with Gasteiger partial charge in [-0.2, -0.15) is 0 Å². The molecule has 2 N–H and O–H groups in total. The topological polar surface area (TPSA) is 98.3 Å². The quantitative estimate of drug-likeness (QED) is 0.263. The molecule has 4 heterocycles. The highest BCUT2D eigenvalue weighted by Crippen LogP contribution is 2.41. The Hall–Kier alpha value is -4.33. The van der Waals surface area contributed by atoms with Crippen molar-refractivity contribution < 1.29 is 23.1 Å². The molecule has 1 aromatic heterocycles. The molecule has 2 aromatic carbocycles. The lowest BCUT2D eigenvalue weighted by Crippen LogP contribution is -2.46. The zero-order chi connectivity index (χ0) is 33.9. The SMILES string of the molecule is C=CC(=O)Nc1cc(Nc2cc(N3OCCC3c3cc(F)ccc3F)ncn2)c(OC)cc1N1CCC(N2CCCN(C3CC3)CC2)CC1. The van der Waals surface area contributed by atoms with Crippen molar-refractivity contribution in [3.05, 3.63) is 72.6 Å². The Bertz CT molecular complexity index is 1670. The molecule has 4 fully saturated rings. The number of ether oxygens (including phenoxy) is 1. The molecule has 1 saturated carbocycles. The Balaban J connectivity index is 1.09. The fraction of sp³-hybridized carbons (Fsp3) is 0.472. The number of anilines is 5. The average Bonchev–Trinajstić information content (AvgIpc) is 3.90. The molecule has 3 aromatic rings. The summed E-state index contributed by atoms with van der Waals surface area (Å²) in [7, 11) is 1.60. The molecule has 1 aliphatic carbocycles. The summed E-state index contributed by atoms with van der Waals surface area (Å²) in [5.74, 6) is 0.0168. The smallest absolute Gasteiger partial charge is 0.247 e. The van der Waals surface area contributed by atoms with Crippen LogP contribution in [0.1, 0.15) is 50.1 Å². The molecular weight excluding hydrogens is 630 g/mol. The van der Waals surface area contributed by atoms with Gasteiger partial charge in [-0.25, -0.2) is 23.8 Å². The van der Waals surface area contributed by atoms with Gasteiger partial charge in [0.2, 0.25) is 5.91 Å². The number of piperidine rings is 1. The Labute approximate surface area is 285 Å². The monoisotopic (exact) mass is 674 g/mol. The Morgan fingerprint density at radius 1 is 0.939 bits per heavy atom. The first-order chi connectivity index (χ1) is 23.9. The van der Waals surface area contributed by atoms with E-state index in [0.717, 1.165) is 62.9 Å². The van der Waals surface area contributed by atoms with E-state index < -0.39 is 17.7 Å². The second kappa shape index (κ2) is 14.7. The first-order valence-corrected chi connectivity index (χ1v) is 17.2. The summed E-state index contributed by atoms with van der Waals surface area (Å²) >= 11 is 0. The maximum absolute atomic E-state index is 14.7. The van der Waals surface area contributed by atoms with Crippen molar-refractivity contribution in [1.82, 2.24) is 19.8 Å². The van der Waals surface area contributed by atoms with Crippen LogP contribution in [-0.4, -0.2) is 90.7 Å². The Morgan fingerprint density at radius 3 is 2.41 bits per heavy atom. The van der Waals surface area contributed by atoms with E-state index in [1.54, 1.807) is 13.2 Å². The number of amides is 1. The van der Waals surface area contributed by atoms with Crippen LogP contribution < -0.4 is 25.3 Å². The zero-order valence-electron chi connectivity index (χ0n) is 27.9. The van der Waals surface area contributed by atoms with Crippen molar-refractivity contribution in [2.24, 2.45) is 0 Å². The third-order valence-electron chi connectivity index (χ3n) is 10.1. The van der Waals surface area contributed by atoms with Gasteiger partial charge < -0.3 is 20.3 Å². The minimum atomic E-state index is -0.561. The van der Waals surface area contributed by atoms with Crippen LogP contribution in [0, 0.1) is 11.6 Å². The van der Waals surface area contributed by atoms with Crippen LogP contribution in [-0.2, 0) is 9.63 Å². The third-order valence-corrected chi connectivity index (χ3v) is 10.1. The summed E-state index contributed by atoms with van der Waals surface area (Å²) in [6.07, 6.45) is 9.12. The van der Waals surface area contributed by atoms with E-state index in [-0.39, 0.29) is 11.5 Å². The van der Waals surface area contributed by atoms with Gasteiger partial charge in [0.25, 0.3) is 0 Å². The number of nitrogens with zero attached hydrogens (tertiary/aromatic N) is 6. The van der Waals surface area contributed by atoms with Crippen LogP contribution in [0.25, 0.3) is 0 Å². The largest absolute Gasteiger partial charge is 0.494 e. The summed E-state index contributed by atoms with van der Waals surface area (Å²) in [6, 6.07) is 9.65. The predicted octanol–water partition coefficient (Wildman–Crippen LogP) is 5.65. The molecule has 7 rings (SSSR count). The molecule has 1 atom stereocenters. The number of hydrogen-bond donors (Lipinski definition) is 2.